The Bertz CT molecular complexity index is 1350. The van der Waals surface area contributed by atoms with Crippen LogP contribution in [-0.4, -0.2) is 32.6 Å². The van der Waals surface area contributed by atoms with Crippen LogP contribution >= 0.6 is 11.8 Å². The van der Waals surface area contributed by atoms with Gasteiger partial charge in [-0.2, -0.15) is 5.10 Å². The summed E-state index contributed by atoms with van der Waals surface area (Å²) in [4.78, 5) is 12.4. The number of para-hydroxylation sites is 1. The minimum absolute atomic E-state index is 0.0651. The number of aromatic nitrogens is 3. The molecule has 1 amide bonds. The number of hydrogen-bond donors (Lipinski definition) is 1. The van der Waals surface area contributed by atoms with Gasteiger partial charge in [-0.1, -0.05) is 75.0 Å². The number of furan rings is 1. The van der Waals surface area contributed by atoms with E-state index < -0.39 is 0 Å². The maximum atomic E-state index is 12.4. The first-order valence-corrected chi connectivity index (χ1v) is 12.6. The summed E-state index contributed by atoms with van der Waals surface area (Å²) in [5, 5.41) is 13.5. The smallest absolute Gasteiger partial charge is 0.250 e. The molecule has 4 rings (SSSR count). The highest BCUT2D eigenvalue weighted by atomic mass is 32.2. The SMILES string of the molecule is CC(/C=N\NC(=O)CSc1nnc(-c2ccc(C(C)(C)C)cc2)n1-c1ccccc1)=C\c1ccco1. The standard InChI is InChI=1S/C28H29N5O2S/c1-20(17-24-11-8-16-35-24)18-29-30-25(34)19-36-27-32-31-26(33(27)23-9-6-5-7-10-23)21-12-14-22(15-13-21)28(2,3)4/h5-18H,19H2,1-4H3,(H,30,34)/b20-17+,29-18-. The number of carbonyl (C=O) groups excluding carboxylic acids is 1. The minimum Gasteiger partial charge on any atom is -0.465 e. The van der Waals surface area contributed by atoms with Crippen LogP contribution in [0.3, 0.4) is 0 Å². The first-order chi connectivity index (χ1) is 17.3. The number of rotatable bonds is 8. The third kappa shape index (κ3) is 6.40. The molecule has 184 valence electrons. The van der Waals surface area contributed by atoms with Gasteiger partial charge in [0.15, 0.2) is 11.0 Å². The van der Waals surface area contributed by atoms with E-state index >= 15 is 0 Å². The first-order valence-electron chi connectivity index (χ1n) is 11.6. The van der Waals surface area contributed by atoms with Crippen molar-refractivity contribution in [2.45, 2.75) is 38.3 Å². The van der Waals surface area contributed by atoms with Gasteiger partial charge < -0.3 is 4.42 Å². The van der Waals surface area contributed by atoms with Crippen LogP contribution < -0.4 is 5.43 Å². The molecule has 8 heteroatoms. The van der Waals surface area contributed by atoms with Crippen molar-refractivity contribution in [3.05, 3.63) is 89.9 Å². The number of thioether (sulfide) groups is 1. The summed E-state index contributed by atoms with van der Waals surface area (Å²) >= 11 is 1.31. The Morgan fingerprint density at radius 2 is 1.81 bits per heavy atom. The van der Waals surface area contributed by atoms with Crippen LogP contribution in [0.4, 0.5) is 0 Å². The highest BCUT2D eigenvalue weighted by Gasteiger charge is 2.19. The monoisotopic (exact) mass is 499 g/mol. The highest BCUT2D eigenvalue weighted by Crippen LogP contribution is 2.30. The molecule has 0 aliphatic heterocycles. The van der Waals surface area contributed by atoms with Gasteiger partial charge in [-0.15, -0.1) is 10.2 Å². The van der Waals surface area contributed by atoms with Gasteiger partial charge in [0, 0.05) is 11.3 Å². The van der Waals surface area contributed by atoms with Crippen LogP contribution in [0.2, 0.25) is 0 Å². The highest BCUT2D eigenvalue weighted by molar-refractivity contribution is 7.99. The number of benzene rings is 2. The number of allylic oxidation sites excluding steroid dienone is 1. The van der Waals surface area contributed by atoms with Crippen molar-refractivity contribution in [2.24, 2.45) is 5.10 Å². The molecule has 0 bridgehead atoms. The van der Waals surface area contributed by atoms with Crippen LogP contribution in [0, 0.1) is 0 Å². The maximum Gasteiger partial charge on any atom is 0.250 e. The van der Waals surface area contributed by atoms with E-state index in [9.17, 15) is 4.79 Å². The maximum absolute atomic E-state index is 12.4. The van der Waals surface area contributed by atoms with Crippen molar-refractivity contribution in [1.29, 1.82) is 0 Å². The molecule has 0 unspecified atom stereocenters. The molecular weight excluding hydrogens is 470 g/mol. The first kappa shape index (κ1) is 25.2. The lowest BCUT2D eigenvalue weighted by molar-refractivity contribution is -0.118. The second-order valence-corrected chi connectivity index (χ2v) is 10.2. The number of hydrazone groups is 1. The van der Waals surface area contributed by atoms with E-state index in [-0.39, 0.29) is 17.1 Å². The summed E-state index contributed by atoms with van der Waals surface area (Å²) in [5.74, 6) is 1.36. The Balaban J connectivity index is 1.49. The Morgan fingerprint density at radius 3 is 2.47 bits per heavy atom. The zero-order valence-electron chi connectivity index (χ0n) is 20.8. The Morgan fingerprint density at radius 1 is 1.06 bits per heavy atom. The normalized spacial score (nSPS) is 12.3. The van der Waals surface area contributed by atoms with E-state index in [0.717, 1.165) is 28.4 Å². The Kier molecular flexibility index (Phi) is 7.85. The molecule has 2 aromatic carbocycles. The lowest BCUT2D eigenvalue weighted by Gasteiger charge is -2.19. The van der Waals surface area contributed by atoms with Gasteiger partial charge in [-0.25, -0.2) is 5.43 Å². The predicted octanol–water partition coefficient (Wildman–Crippen LogP) is 6.12. The average Bonchev–Trinajstić information content (AvgIpc) is 3.53. The molecule has 0 atom stereocenters. The Hall–Kier alpha value is -3.91. The van der Waals surface area contributed by atoms with Crippen molar-refractivity contribution in [3.8, 4) is 17.1 Å². The lowest BCUT2D eigenvalue weighted by Crippen LogP contribution is -2.20. The lowest BCUT2D eigenvalue weighted by atomic mass is 9.87. The summed E-state index contributed by atoms with van der Waals surface area (Å²) < 4.78 is 7.25. The zero-order valence-corrected chi connectivity index (χ0v) is 21.6. The van der Waals surface area contributed by atoms with Gasteiger partial charge in [0.2, 0.25) is 0 Å². The number of nitrogens with zero attached hydrogens (tertiary/aromatic N) is 4. The number of nitrogens with one attached hydrogen (secondary N) is 1. The van der Waals surface area contributed by atoms with Crippen molar-refractivity contribution in [2.75, 3.05) is 5.75 Å². The minimum atomic E-state index is -0.235. The topological polar surface area (TPSA) is 85.3 Å². The van der Waals surface area contributed by atoms with Gasteiger partial charge >= 0.3 is 0 Å². The number of hydrogen-bond acceptors (Lipinski definition) is 6. The van der Waals surface area contributed by atoms with Gasteiger partial charge in [0.1, 0.15) is 5.76 Å². The van der Waals surface area contributed by atoms with Crippen molar-refractivity contribution >= 4 is 30.0 Å². The van der Waals surface area contributed by atoms with Crippen LogP contribution in [0.1, 0.15) is 39.0 Å². The largest absolute Gasteiger partial charge is 0.465 e. The molecule has 0 radical (unpaired) electrons. The van der Waals surface area contributed by atoms with Crippen molar-refractivity contribution < 1.29 is 9.21 Å². The second-order valence-electron chi connectivity index (χ2n) is 9.29. The van der Waals surface area contributed by atoms with E-state index in [4.69, 9.17) is 4.42 Å². The van der Waals surface area contributed by atoms with Gasteiger partial charge in [-0.3, -0.25) is 9.36 Å². The molecule has 0 aliphatic rings. The third-order valence-electron chi connectivity index (χ3n) is 5.36. The molecule has 0 aliphatic carbocycles. The number of amides is 1. The second kappa shape index (κ2) is 11.2. The molecule has 7 nitrogen and oxygen atoms in total. The van der Waals surface area contributed by atoms with E-state index in [1.165, 1.54) is 17.3 Å². The molecule has 1 N–H and O–H groups in total. The quantitative estimate of drug-likeness (QED) is 0.179. The van der Waals surface area contributed by atoms with E-state index in [1.54, 1.807) is 12.5 Å². The fraction of sp³-hybridized carbons (Fsp3) is 0.214. The summed E-state index contributed by atoms with van der Waals surface area (Å²) in [6.07, 6.45) is 5.02. The summed E-state index contributed by atoms with van der Waals surface area (Å²) in [5.41, 5.74) is 6.61. The molecule has 0 saturated carbocycles. The molecule has 36 heavy (non-hydrogen) atoms. The van der Waals surface area contributed by atoms with Gasteiger partial charge in [0.05, 0.1) is 18.2 Å². The van der Waals surface area contributed by atoms with Gasteiger partial charge in [-0.05, 0) is 53.8 Å². The van der Waals surface area contributed by atoms with Crippen LogP contribution in [0.15, 0.2) is 93.2 Å². The molecular formula is C28H29N5O2S. The van der Waals surface area contributed by atoms with E-state index in [0.29, 0.717) is 5.16 Å². The zero-order chi connectivity index (χ0) is 25.5. The fourth-order valence-corrected chi connectivity index (χ4v) is 4.23. The Labute approximate surface area is 215 Å². The molecule has 4 aromatic rings. The average molecular weight is 500 g/mol. The number of carbonyl (C=O) groups is 1. The summed E-state index contributed by atoms with van der Waals surface area (Å²) in [6, 6.07) is 22.0. The van der Waals surface area contributed by atoms with Crippen LogP contribution in [-0.2, 0) is 10.2 Å². The molecule has 0 fully saturated rings. The van der Waals surface area contributed by atoms with E-state index in [2.05, 4.69) is 65.8 Å². The molecule has 2 heterocycles. The van der Waals surface area contributed by atoms with E-state index in [1.807, 2.05) is 60.0 Å². The third-order valence-corrected chi connectivity index (χ3v) is 6.29. The van der Waals surface area contributed by atoms with Crippen LogP contribution in [0.25, 0.3) is 23.2 Å². The summed E-state index contributed by atoms with van der Waals surface area (Å²) in [7, 11) is 0. The van der Waals surface area contributed by atoms with Crippen molar-refractivity contribution in [3.63, 3.8) is 0 Å². The molecule has 0 saturated heterocycles. The fourth-order valence-electron chi connectivity index (χ4n) is 3.48. The molecule has 0 spiro atoms. The van der Waals surface area contributed by atoms with Crippen molar-refractivity contribution in [1.82, 2.24) is 20.2 Å². The van der Waals surface area contributed by atoms with Crippen LogP contribution in [0.5, 0.6) is 0 Å². The van der Waals surface area contributed by atoms with Gasteiger partial charge in [0.25, 0.3) is 5.91 Å². The predicted molar refractivity (Wildman–Crippen MR) is 145 cm³/mol. The molecule has 2 aromatic heterocycles. The summed E-state index contributed by atoms with van der Waals surface area (Å²) in [6.45, 7) is 8.45.